The molecule has 0 bridgehead atoms. The quantitative estimate of drug-likeness (QED) is 0.869. The summed E-state index contributed by atoms with van der Waals surface area (Å²) in [5.41, 5.74) is 0.853. The summed E-state index contributed by atoms with van der Waals surface area (Å²) < 4.78 is 22.6. The summed E-state index contributed by atoms with van der Waals surface area (Å²) in [4.78, 5) is 12.0. The molecule has 1 heterocycles. The van der Waals surface area contributed by atoms with E-state index in [1.54, 1.807) is 18.2 Å². The van der Waals surface area contributed by atoms with Crippen LogP contribution in [0.25, 0.3) is 0 Å². The number of nitrogens with one attached hydrogen (secondary N) is 1. The second-order valence-electron chi connectivity index (χ2n) is 4.59. The van der Waals surface area contributed by atoms with Crippen molar-refractivity contribution in [2.75, 3.05) is 11.5 Å². The number of sulfone groups is 1. The van der Waals surface area contributed by atoms with E-state index in [4.69, 9.17) is 5.26 Å². The molecule has 0 spiro atoms. The Hall–Kier alpha value is -1.87. The van der Waals surface area contributed by atoms with E-state index in [2.05, 4.69) is 5.32 Å². The molecular weight excluding hydrogens is 264 g/mol. The molecule has 100 valence electrons. The molecule has 1 aromatic rings. The molecule has 0 atom stereocenters. The van der Waals surface area contributed by atoms with Gasteiger partial charge in [0.05, 0.1) is 23.1 Å². The number of benzene rings is 1. The van der Waals surface area contributed by atoms with Crippen LogP contribution in [0, 0.1) is 11.3 Å². The highest BCUT2D eigenvalue weighted by Crippen LogP contribution is 2.13. The third-order valence-corrected chi connectivity index (χ3v) is 4.86. The monoisotopic (exact) mass is 278 g/mol. The van der Waals surface area contributed by atoms with Gasteiger partial charge in [-0.2, -0.15) is 5.26 Å². The highest BCUT2D eigenvalue weighted by Gasteiger charge is 2.24. The maximum absolute atomic E-state index is 12.0. The van der Waals surface area contributed by atoms with Gasteiger partial charge in [0.25, 0.3) is 5.91 Å². The van der Waals surface area contributed by atoms with Gasteiger partial charge in [-0.3, -0.25) is 4.79 Å². The Balaban J connectivity index is 2.00. The minimum atomic E-state index is -2.92. The second kappa shape index (κ2) is 5.41. The zero-order chi connectivity index (χ0) is 13.9. The molecule has 0 saturated carbocycles. The summed E-state index contributed by atoms with van der Waals surface area (Å²) in [6.45, 7) is 0. The van der Waals surface area contributed by atoms with Gasteiger partial charge in [-0.15, -0.1) is 0 Å². The Morgan fingerprint density at radius 3 is 2.63 bits per heavy atom. The average molecular weight is 278 g/mol. The van der Waals surface area contributed by atoms with Crippen molar-refractivity contribution in [3.8, 4) is 6.07 Å². The van der Waals surface area contributed by atoms with Crippen molar-refractivity contribution in [1.82, 2.24) is 5.32 Å². The lowest BCUT2D eigenvalue weighted by Crippen LogP contribution is -2.40. The molecule has 1 aliphatic rings. The largest absolute Gasteiger partial charge is 0.349 e. The van der Waals surface area contributed by atoms with Crippen molar-refractivity contribution in [3.63, 3.8) is 0 Å². The fourth-order valence-electron chi connectivity index (χ4n) is 2.03. The molecule has 19 heavy (non-hydrogen) atoms. The van der Waals surface area contributed by atoms with E-state index < -0.39 is 9.84 Å². The maximum atomic E-state index is 12.0. The van der Waals surface area contributed by atoms with Gasteiger partial charge in [-0.05, 0) is 31.0 Å². The van der Waals surface area contributed by atoms with Gasteiger partial charge in [0.15, 0.2) is 0 Å². The topological polar surface area (TPSA) is 87.0 Å². The molecule has 1 N–H and O–H groups in total. The number of hydrogen-bond acceptors (Lipinski definition) is 4. The van der Waals surface area contributed by atoms with Gasteiger partial charge in [0, 0.05) is 11.6 Å². The van der Waals surface area contributed by atoms with E-state index in [0.29, 0.717) is 24.0 Å². The molecule has 0 unspecified atom stereocenters. The SMILES string of the molecule is N#Cc1cccc(C(=O)NC2CCS(=O)(=O)CC2)c1. The van der Waals surface area contributed by atoms with Crippen LogP contribution < -0.4 is 5.32 Å². The van der Waals surface area contributed by atoms with E-state index in [1.807, 2.05) is 6.07 Å². The lowest BCUT2D eigenvalue weighted by atomic mass is 10.1. The normalized spacial score (nSPS) is 18.5. The van der Waals surface area contributed by atoms with Gasteiger partial charge in [0.2, 0.25) is 0 Å². The van der Waals surface area contributed by atoms with E-state index in [9.17, 15) is 13.2 Å². The van der Waals surface area contributed by atoms with Gasteiger partial charge < -0.3 is 5.32 Å². The Morgan fingerprint density at radius 2 is 2.00 bits per heavy atom. The van der Waals surface area contributed by atoms with Crippen molar-refractivity contribution in [2.45, 2.75) is 18.9 Å². The van der Waals surface area contributed by atoms with Gasteiger partial charge in [0.1, 0.15) is 9.84 Å². The lowest BCUT2D eigenvalue weighted by Gasteiger charge is -2.23. The zero-order valence-electron chi connectivity index (χ0n) is 10.3. The van der Waals surface area contributed by atoms with Crippen LogP contribution in [0.5, 0.6) is 0 Å². The van der Waals surface area contributed by atoms with Crippen LogP contribution in [-0.2, 0) is 9.84 Å². The van der Waals surface area contributed by atoms with E-state index in [1.165, 1.54) is 6.07 Å². The van der Waals surface area contributed by atoms with Crippen molar-refractivity contribution < 1.29 is 13.2 Å². The second-order valence-corrected chi connectivity index (χ2v) is 6.90. The number of hydrogen-bond donors (Lipinski definition) is 1. The summed E-state index contributed by atoms with van der Waals surface area (Å²) in [7, 11) is -2.92. The van der Waals surface area contributed by atoms with Crippen LogP contribution >= 0.6 is 0 Å². The van der Waals surface area contributed by atoms with Crippen LogP contribution in [0.2, 0.25) is 0 Å². The Bertz CT molecular complexity index is 618. The predicted molar refractivity (Wildman–Crippen MR) is 70.3 cm³/mol. The summed E-state index contributed by atoms with van der Waals surface area (Å²) in [6.07, 6.45) is 0.901. The fraction of sp³-hybridized carbons (Fsp3) is 0.385. The number of nitriles is 1. The van der Waals surface area contributed by atoms with Crippen LogP contribution in [0.4, 0.5) is 0 Å². The molecule has 6 heteroatoms. The molecule has 1 saturated heterocycles. The highest BCUT2D eigenvalue weighted by atomic mass is 32.2. The fourth-order valence-corrected chi connectivity index (χ4v) is 3.52. The van der Waals surface area contributed by atoms with Crippen molar-refractivity contribution in [1.29, 1.82) is 5.26 Å². The van der Waals surface area contributed by atoms with Crippen LogP contribution in [0.3, 0.4) is 0 Å². The van der Waals surface area contributed by atoms with Crippen LogP contribution in [0.15, 0.2) is 24.3 Å². The van der Waals surface area contributed by atoms with E-state index in [0.717, 1.165) is 0 Å². The molecule has 0 aromatic heterocycles. The molecular formula is C13H14N2O3S. The average Bonchev–Trinajstić information content (AvgIpc) is 2.41. The van der Waals surface area contributed by atoms with Crippen molar-refractivity contribution in [3.05, 3.63) is 35.4 Å². The first-order valence-electron chi connectivity index (χ1n) is 6.01. The molecule has 1 aliphatic heterocycles. The Morgan fingerprint density at radius 1 is 1.32 bits per heavy atom. The predicted octanol–water partition coefficient (Wildman–Crippen LogP) is 0.865. The highest BCUT2D eigenvalue weighted by molar-refractivity contribution is 7.91. The number of carbonyl (C=O) groups excluding carboxylic acids is 1. The Labute approximate surface area is 112 Å². The first-order chi connectivity index (χ1) is 9.00. The van der Waals surface area contributed by atoms with Gasteiger partial charge in [-0.25, -0.2) is 8.42 Å². The number of nitrogens with zero attached hydrogens (tertiary/aromatic N) is 1. The van der Waals surface area contributed by atoms with E-state index in [-0.39, 0.29) is 23.5 Å². The standard InChI is InChI=1S/C13H14N2O3S/c14-9-10-2-1-3-11(8-10)13(16)15-12-4-6-19(17,18)7-5-12/h1-3,8,12H,4-7H2,(H,15,16). The number of amides is 1. The summed E-state index contributed by atoms with van der Waals surface area (Å²) in [5, 5.41) is 11.6. The molecule has 0 radical (unpaired) electrons. The van der Waals surface area contributed by atoms with Crippen LogP contribution in [0.1, 0.15) is 28.8 Å². The number of rotatable bonds is 2. The molecule has 1 amide bonds. The third kappa shape index (κ3) is 3.55. The first kappa shape index (κ1) is 13.6. The van der Waals surface area contributed by atoms with Crippen LogP contribution in [-0.4, -0.2) is 31.9 Å². The molecule has 1 fully saturated rings. The van der Waals surface area contributed by atoms with E-state index >= 15 is 0 Å². The molecule has 1 aromatic carbocycles. The molecule has 2 rings (SSSR count). The van der Waals surface area contributed by atoms with Gasteiger partial charge in [-0.1, -0.05) is 6.07 Å². The smallest absolute Gasteiger partial charge is 0.251 e. The maximum Gasteiger partial charge on any atom is 0.251 e. The zero-order valence-corrected chi connectivity index (χ0v) is 11.1. The first-order valence-corrected chi connectivity index (χ1v) is 7.84. The number of carbonyl (C=O) groups is 1. The Kier molecular flexibility index (Phi) is 3.86. The summed E-state index contributed by atoms with van der Waals surface area (Å²) in [5.74, 6) is -0.0202. The van der Waals surface area contributed by atoms with Gasteiger partial charge >= 0.3 is 0 Å². The third-order valence-electron chi connectivity index (χ3n) is 3.14. The van der Waals surface area contributed by atoms with Crippen molar-refractivity contribution >= 4 is 15.7 Å². The summed E-state index contributed by atoms with van der Waals surface area (Å²) >= 11 is 0. The molecule has 0 aliphatic carbocycles. The van der Waals surface area contributed by atoms with Crippen molar-refractivity contribution in [2.24, 2.45) is 0 Å². The molecule has 5 nitrogen and oxygen atoms in total. The minimum absolute atomic E-state index is 0.109. The lowest BCUT2D eigenvalue weighted by molar-refractivity contribution is 0.0934. The minimum Gasteiger partial charge on any atom is -0.349 e. The summed E-state index contributed by atoms with van der Waals surface area (Å²) in [6, 6.07) is 8.31.